The van der Waals surface area contributed by atoms with Gasteiger partial charge in [0.1, 0.15) is 11.3 Å². The van der Waals surface area contributed by atoms with Gasteiger partial charge in [0.05, 0.1) is 15.5 Å². The number of nitrogens with zero attached hydrogens (tertiary/aromatic N) is 5. The maximum Gasteiger partial charge on any atom is 0.270 e. The van der Waals surface area contributed by atoms with Gasteiger partial charge in [-0.25, -0.2) is 0 Å². The van der Waals surface area contributed by atoms with E-state index in [4.69, 9.17) is 11.6 Å². The summed E-state index contributed by atoms with van der Waals surface area (Å²) in [6.45, 7) is 0. The minimum atomic E-state index is -0.571. The quantitative estimate of drug-likeness (QED) is 0.412. The van der Waals surface area contributed by atoms with E-state index in [-0.39, 0.29) is 16.3 Å². The van der Waals surface area contributed by atoms with Gasteiger partial charge in [0.25, 0.3) is 11.6 Å². The number of nitrogens with one attached hydrogen (secondary N) is 1. The third-order valence-corrected chi connectivity index (χ3v) is 4.96. The largest absolute Gasteiger partial charge is 0.322 e. The van der Waals surface area contributed by atoms with Crippen molar-refractivity contribution in [3.05, 3.63) is 69.5 Å². The zero-order valence-corrected chi connectivity index (χ0v) is 14.9. The second-order valence-corrected chi connectivity index (χ2v) is 6.78. The van der Waals surface area contributed by atoms with Crippen LogP contribution in [0.1, 0.15) is 10.4 Å². The number of carbonyl (C=O) groups is 1. The molecule has 0 atom stereocenters. The SMILES string of the molecule is O=C(Nc1ccc(-c2nn3cnnc3s2)cc1)c1ccc([N+](=O)[O-])cc1Cl. The van der Waals surface area contributed by atoms with Crippen LogP contribution in [0.3, 0.4) is 0 Å². The van der Waals surface area contributed by atoms with Crippen LogP contribution in [0.2, 0.25) is 5.02 Å². The molecular formula is C16H9ClN6O3S. The van der Waals surface area contributed by atoms with Crippen molar-refractivity contribution in [2.75, 3.05) is 5.32 Å². The van der Waals surface area contributed by atoms with Crippen LogP contribution in [-0.2, 0) is 0 Å². The molecule has 134 valence electrons. The zero-order chi connectivity index (χ0) is 19.0. The smallest absolute Gasteiger partial charge is 0.270 e. The second-order valence-electron chi connectivity index (χ2n) is 5.42. The summed E-state index contributed by atoms with van der Waals surface area (Å²) in [6, 6.07) is 10.8. The lowest BCUT2D eigenvalue weighted by atomic mass is 10.1. The van der Waals surface area contributed by atoms with Crippen LogP contribution in [-0.4, -0.2) is 30.6 Å². The summed E-state index contributed by atoms with van der Waals surface area (Å²) in [5, 5.41) is 26.3. The first kappa shape index (κ1) is 17.1. The van der Waals surface area contributed by atoms with E-state index in [1.54, 1.807) is 16.6 Å². The average molecular weight is 401 g/mol. The summed E-state index contributed by atoms with van der Waals surface area (Å²) in [5.74, 6) is -0.457. The van der Waals surface area contributed by atoms with E-state index in [9.17, 15) is 14.9 Å². The van der Waals surface area contributed by atoms with Crippen molar-refractivity contribution in [2.45, 2.75) is 0 Å². The molecule has 1 amide bonds. The normalized spacial score (nSPS) is 10.9. The van der Waals surface area contributed by atoms with Gasteiger partial charge in [0, 0.05) is 23.4 Å². The maximum absolute atomic E-state index is 12.4. The third kappa shape index (κ3) is 3.35. The van der Waals surface area contributed by atoms with Crippen LogP contribution in [0.5, 0.6) is 0 Å². The molecule has 2 heterocycles. The standard InChI is InChI=1S/C16H9ClN6O3S/c17-13-7-11(23(25)26)5-6-12(13)14(24)19-10-3-1-9(2-4-10)15-21-22-8-18-20-16(22)27-15/h1-8H,(H,19,24). The van der Waals surface area contributed by atoms with Gasteiger partial charge >= 0.3 is 0 Å². The molecule has 4 rings (SSSR count). The Kier molecular flexibility index (Phi) is 4.26. The Bertz CT molecular complexity index is 1140. The fourth-order valence-corrected chi connectivity index (χ4v) is 3.46. The van der Waals surface area contributed by atoms with Crippen molar-refractivity contribution in [1.29, 1.82) is 0 Å². The fourth-order valence-electron chi connectivity index (χ4n) is 2.37. The van der Waals surface area contributed by atoms with Crippen LogP contribution in [0.15, 0.2) is 48.8 Å². The summed E-state index contributed by atoms with van der Waals surface area (Å²) >= 11 is 7.38. The first-order valence-corrected chi connectivity index (χ1v) is 8.73. The second kappa shape index (κ2) is 6.74. The van der Waals surface area contributed by atoms with Crippen LogP contribution in [0.25, 0.3) is 15.5 Å². The predicted octanol–water partition coefficient (Wildman–Crippen LogP) is 3.67. The number of nitro benzene ring substituents is 1. The monoisotopic (exact) mass is 400 g/mol. The molecule has 4 aromatic rings. The van der Waals surface area contributed by atoms with E-state index in [1.807, 2.05) is 12.1 Å². The summed E-state index contributed by atoms with van der Waals surface area (Å²) in [5.41, 5.74) is 1.41. The summed E-state index contributed by atoms with van der Waals surface area (Å²) in [4.78, 5) is 23.2. The van der Waals surface area contributed by atoms with Crippen molar-refractivity contribution in [3.8, 4) is 10.6 Å². The Balaban J connectivity index is 1.52. The molecular weight excluding hydrogens is 392 g/mol. The number of fused-ring (bicyclic) bond motifs is 1. The molecule has 0 saturated carbocycles. The minimum absolute atomic E-state index is 0.0121. The summed E-state index contributed by atoms with van der Waals surface area (Å²) in [6.07, 6.45) is 1.53. The molecule has 27 heavy (non-hydrogen) atoms. The fraction of sp³-hybridized carbons (Fsp3) is 0. The number of hydrogen-bond acceptors (Lipinski definition) is 7. The molecule has 2 aromatic heterocycles. The number of carbonyl (C=O) groups excluding carboxylic acids is 1. The highest BCUT2D eigenvalue weighted by Crippen LogP contribution is 2.27. The van der Waals surface area contributed by atoms with Gasteiger partial charge in [0.2, 0.25) is 4.96 Å². The van der Waals surface area contributed by atoms with Crippen LogP contribution >= 0.6 is 22.9 Å². The third-order valence-electron chi connectivity index (χ3n) is 3.68. The van der Waals surface area contributed by atoms with E-state index in [2.05, 4.69) is 20.6 Å². The first-order chi connectivity index (χ1) is 13.0. The molecule has 0 saturated heterocycles. The van der Waals surface area contributed by atoms with Gasteiger partial charge < -0.3 is 5.32 Å². The number of nitro groups is 1. The van der Waals surface area contributed by atoms with E-state index < -0.39 is 10.8 Å². The number of rotatable bonds is 4. The van der Waals surface area contributed by atoms with Gasteiger partial charge in [-0.3, -0.25) is 14.9 Å². The number of hydrogen-bond donors (Lipinski definition) is 1. The van der Waals surface area contributed by atoms with Gasteiger partial charge in [-0.2, -0.15) is 9.61 Å². The molecule has 0 radical (unpaired) electrons. The van der Waals surface area contributed by atoms with Crippen molar-refractivity contribution in [3.63, 3.8) is 0 Å². The lowest BCUT2D eigenvalue weighted by molar-refractivity contribution is -0.384. The Labute approximate surface area is 160 Å². The maximum atomic E-state index is 12.4. The number of benzene rings is 2. The van der Waals surface area contributed by atoms with Crippen LogP contribution in [0, 0.1) is 10.1 Å². The predicted molar refractivity (Wildman–Crippen MR) is 100 cm³/mol. The number of aromatic nitrogens is 4. The summed E-state index contributed by atoms with van der Waals surface area (Å²) in [7, 11) is 0. The molecule has 0 aliphatic rings. The van der Waals surface area contributed by atoms with E-state index in [1.165, 1.54) is 29.8 Å². The number of amides is 1. The molecule has 9 nitrogen and oxygen atoms in total. The highest BCUT2D eigenvalue weighted by molar-refractivity contribution is 7.19. The van der Waals surface area contributed by atoms with Crippen LogP contribution < -0.4 is 5.32 Å². The first-order valence-electron chi connectivity index (χ1n) is 7.54. The average Bonchev–Trinajstić information content (AvgIpc) is 3.24. The number of halogens is 1. The number of non-ortho nitro benzene ring substituents is 1. The Morgan fingerprint density at radius 2 is 2.00 bits per heavy atom. The molecule has 1 N–H and O–H groups in total. The zero-order valence-electron chi connectivity index (χ0n) is 13.4. The van der Waals surface area contributed by atoms with Crippen molar-refractivity contribution in [1.82, 2.24) is 19.8 Å². The number of anilines is 1. The molecule has 0 aliphatic heterocycles. The molecule has 2 aromatic carbocycles. The van der Waals surface area contributed by atoms with Crippen LogP contribution in [0.4, 0.5) is 11.4 Å². The van der Waals surface area contributed by atoms with E-state index >= 15 is 0 Å². The van der Waals surface area contributed by atoms with Crippen molar-refractivity contribution >= 4 is 45.2 Å². The molecule has 11 heteroatoms. The topological polar surface area (TPSA) is 115 Å². The van der Waals surface area contributed by atoms with E-state index in [0.29, 0.717) is 10.6 Å². The molecule has 0 aliphatic carbocycles. The van der Waals surface area contributed by atoms with Crippen molar-refractivity contribution in [2.24, 2.45) is 0 Å². The molecule has 0 spiro atoms. The minimum Gasteiger partial charge on any atom is -0.322 e. The molecule has 0 fully saturated rings. The summed E-state index contributed by atoms with van der Waals surface area (Å²) < 4.78 is 1.59. The lowest BCUT2D eigenvalue weighted by Gasteiger charge is -2.07. The molecule has 0 unspecified atom stereocenters. The van der Waals surface area contributed by atoms with Gasteiger partial charge in [0.15, 0.2) is 0 Å². The van der Waals surface area contributed by atoms with Gasteiger partial charge in [-0.15, -0.1) is 10.2 Å². The highest BCUT2D eigenvalue weighted by Gasteiger charge is 2.15. The Hall–Kier alpha value is -3.37. The van der Waals surface area contributed by atoms with Gasteiger partial charge in [-0.05, 0) is 30.3 Å². The van der Waals surface area contributed by atoms with E-state index in [0.717, 1.165) is 16.6 Å². The lowest BCUT2D eigenvalue weighted by Crippen LogP contribution is -2.12. The Morgan fingerprint density at radius 1 is 1.22 bits per heavy atom. The van der Waals surface area contributed by atoms with Gasteiger partial charge in [-0.1, -0.05) is 22.9 Å². The molecule has 0 bridgehead atoms. The van der Waals surface area contributed by atoms with Crippen molar-refractivity contribution < 1.29 is 9.72 Å². The Morgan fingerprint density at radius 3 is 2.67 bits per heavy atom. The highest BCUT2D eigenvalue weighted by atomic mass is 35.5.